The van der Waals surface area contributed by atoms with Crippen LogP contribution in [0.4, 0.5) is 34.1 Å². The average Bonchev–Trinajstić information content (AvgIpc) is 4.15. The van der Waals surface area contributed by atoms with E-state index in [1.807, 2.05) is 0 Å². The number of fused-ring (bicyclic) bond motifs is 10. The van der Waals surface area contributed by atoms with Gasteiger partial charge < -0.3 is 9.80 Å². The van der Waals surface area contributed by atoms with Crippen molar-refractivity contribution in [2.24, 2.45) is 23.7 Å². The Morgan fingerprint density at radius 2 is 0.831 bits per heavy atom. The maximum atomic E-state index is 2.67. The van der Waals surface area contributed by atoms with Gasteiger partial charge in [0.15, 0.2) is 0 Å². The minimum absolute atomic E-state index is 0.134. The van der Waals surface area contributed by atoms with Crippen molar-refractivity contribution in [3.05, 3.63) is 174 Å². The second-order valence-corrected chi connectivity index (χ2v) is 19.3. The van der Waals surface area contributed by atoms with Crippen molar-refractivity contribution in [2.75, 3.05) is 9.80 Å². The summed E-state index contributed by atoms with van der Waals surface area (Å²) in [5.41, 5.74) is 24.5. The lowest BCUT2D eigenvalue weighted by Gasteiger charge is -2.44. The van der Waals surface area contributed by atoms with Crippen LogP contribution in [0.3, 0.4) is 0 Å². The van der Waals surface area contributed by atoms with E-state index >= 15 is 0 Å². The molecule has 0 unspecified atom stereocenters. The maximum absolute atomic E-state index is 2.67. The average molecular weight is 757 g/mol. The summed E-state index contributed by atoms with van der Waals surface area (Å²) < 4.78 is 0. The molecule has 6 aliphatic carbocycles. The summed E-state index contributed by atoms with van der Waals surface area (Å²) in [5, 5.41) is 0. The SMILES string of the molecule is c1ccc2c(c1)B1c3ccccc3N(c3cccc4c3-c3ccccc3C43C4CCC3CC4)c3cccc(c31)N2c1ccc2c(c1)-c1ccccc1C21C2CCC1CC2. The highest BCUT2D eigenvalue weighted by molar-refractivity contribution is 7.00. The van der Waals surface area contributed by atoms with Gasteiger partial charge in [-0.25, -0.2) is 0 Å². The van der Waals surface area contributed by atoms with E-state index in [-0.39, 0.29) is 17.5 Å². The van der Waals surface area contributed by atoms with E-state index in [1.165, 1.54) is 124 Å². The van der Waals surface area contributed by atoms with Crippen molar-refractivity contribution in [1.29, 1.82) is 0 Å². The minimum Gasteiger partial charge on any atom is -0.311 e. The van der Waals surface area contributed by atoms with Crippen LogP contribution in [-0.2, 0) is 10.8 Å². The van der Waals surface area contributed by atoms with E-state index < -0.39 is 0 Å². The summed E-state index contributed by atoms with van der Waals surface area (Å²) >= 11 is 0. The topological polar surface area (TPSA) is 6.48 Å². The molecular weight excluding hydrogens is 711 g/mol. The van der Waals surface area contributed by atoms with Gasteiger partial charge in [-0.3, -0.25) is 0 Å². The molecule has 4 fully saturated rings. The first-order chi connectivity index (χ1) is 29.3. The van der Waals surface area contributed by atoms with Gasteiger partial charge >= 0.3 is 0 Å². The molecule has 59 heavy (non-hydrogen) atoms. The Balaban J connectivity index is 0.967. The normalized spacial score (nSPS) is 27.5. The molecule has 3 heteroatoms. The van der Waals surface area contributed by atoms with Crippen LogP contribution in [0.15, 0.2) is 152 Å². The van der Waals surface area contributed by atoms with Crippen molar-refractivity contribution in [3.8, 4) is 22.3 Å². The predicted molar refractivity (Wildman–Crippen MR) is 244 cm³/mol. The molecule has 4 bridgehead atoms. The lowest BCUT2D eigenvalue weighted by atomic mass is 9.33. The van der Waals surface area contributed by atoms with Gasteiger partial charge in [0.2, 0.25) is 0 Å². The van der Waals surface area contributed by atoms with Gasteiger partial charge in [0.05, 0.1) is 5.69 Å². The number of hydrogen-bond donors (Lipinski definition) is 0. The van der Waals surface area contributed by atoms with E-state index in [2.05, 4.69) is 161 Å². The molecule has 2 nitrogen and oxygen atoms in total. The van der Waals surface area contributed by atoms with Gasteiger partial charge in [-0.1, -0.05) is 109 Å². The Bertz CT molecular complexity index is 2960. The first-order valence-electron chi connectivity index (χ1n) is 22.7. The third kappa shape index (κ3) is 3.60. The van der Waals surface area contributed by atoms with Crippen LogP contribution in [0.1, 0.15) is 73.6 Å². The van der Waals surface area contributed by atoms with Crippen LogP contribution < -0.4 is 26.2 Å². The van der Waals surface area contributed by atoms with Gasteiger partial charge in [0.25, 0.3) is 6.71 Å². The summed E-state index contributed by atoms with van der Waals surface area (Å²) in [6.07, 6.45) is 10.9. The lowest BCUT2D eigenvalue weighted by molar-refractivity contribution is 0.400. The van der Waals surface area contributed by atoms with Crippen LogP contribution >= 0.6 is 0 Å². The molecule has 0 radical (unpaired) electrons. The molecule has 282 valence electrons. The molecule has 2 spiro atoms. The van der Waals surface area contributed by atoms with Crippen molar-refractivity contribution in [3.63, 3.8) is 0 Å². The van der Waals surface area contributed by atoms with Crippen molar-refractivity contribution >= 4 is 57.2 Å². The van der Waals surface area contributed by atoms with E-state index in [1.54, 1.807) is 22.3 Å². The monoisotopic (exact) mass is 756 g/mol. The first-order valence-corrected chi connectivity index (χ1v) is 22.7. The van der Waals surface area contributed by atoms with Crippen LogP contribution in [0.5, 0.6) is 0 Å². The van der Waals surface area contributed by atoms with Crippen LogP contribution in [0.25, 0.3) is 22.3 Å². The fraction of sp³-hybridized carbons (Fsp3) is 0.250. The molecule has 2 aliphatic heterocycles. The highest BCUT2D eigenvalue weighted by Crippen LogP contribution is 2.70. The highest BCUT2D eigenvalue weighted by Gasteiger charge is 2.61. The van der Waals surface area contributed by atoms with Crippen LogP contribution in [0, 0.1) is 23.7 Å². The van der Waals surface area contributed by atoms with Crippen LogP contribution in [0.2, 0.25) is 0 Å². The molecule has 2 heterocycles. The Morgan fingerprint density at radius 1 is 0.373 bits per heavy atom. The van der Waals surface area contributed by atoms with Gasteiger partial charge in [-0.2, -0.15) is 0 Å². The Kier molecular flexibility index (Phi) is 6.02. The quantitative estimate of drug-likeness (QED) is 0.162. The van der Waals surface area contributed by atoms with Gasteiger partial charge in [0, 0.05) is 44.8 Å². The molecule has 0 N–H and O–H groups in total. The zero-order valence-electron chi connectivity index (χ0n) is 33.4. The Hall–Kier alpha value is -5.80. The predicted octanol–water partition coefficient (Wildman–Crippen LogP) is 11.9. The zero-order valence-corrected chi connectivity index (χ0v) is 33.4. The summed E-state index contributed by atoms with van der Waals surface area (Å²) in [5.74, 6) is 2.98. The third-order valence-electron chi connectivity index (χ3n) is 17.6. The molecule has 0 saturated heterocycles. The standard InChI is InChI=1S/C56H45BN2/c1-3-13-42-39(11-1)41-33-38(31-32-44(41)55(42)34-23-24-35(55)26-25-34)58-48-18-7-5-16-46(48)57-47-17-6-8-19-49(47)59(52-22-10-21-51(58)54(52)57)50-20-9-15-45-53(50)40-12-2-4-14-43(40)56(45)36-27-28-37(56)30-29-36/h1-22,31-37H,23-30H2. The fourth-order valence-corrected chi connectivity index (χ4v) is 15.8. The number of anilines is 6. The second-order valence-electron chi connectivity index (χ2n) is 19.3. The molecular formula is C56H45BN2. The number of hydrogen-bond acceptors (Lipinski definition) is 2. The maximum Gasteiger partial charge on any atom is 0.252 e. The zero-order chi connectivity index (χ0) is 38.2. The Morgan fingerprint density at radius 3 is 1.51 bits per heavy atom. The summed E-state index contributed by atoms with van der Waals surface area (Å²) in [7, 11) is 0. The second kappa shape index (κ2) is 11.1. The van der Waals surface area contributed by atoms with E-state index in [4.69, 9.17) is 0 Å². The lowest BCUT2D eigenvalue weighted by Crippen LogP contribution is -2.61. The van der Waals surface area contributed by atoms with Crippen molar-refractivity contribution in [1.82, 2.24) is 0 Å². The molecule has 15 rings (SSSR count). The summed E-state index contributed by atoms with van der Waals surface area (Å²) in [4.78, 5) is 5.28. The molecule has 0 aromatic heterocycles. The van der Waals surface area contributed by atoms with Crippen molar-refractivity contribution < 1.29 is 0 Å². The molecule has 7 aromatic rings. The fourth-order valence-electron chi connectivity index (χ4n) is 15.8. The third-order valence-corrected chi connectivity index (χ3v) is 17.6. The van der Waals surface area contributed by atoms with E-state index in [0.717, 1.165) is 23.7 Å². The molecule has 0 atom stereocenters. The molecule has 0 amide bonds. The molecule has 8 aliphatic rings. The first kappa shape index (κ1) is 32.1. The van der Waals surface area contributed by atoms with Gasteiger partial charge in [-0.05, 0) is 173 Å². The number of nitrogens with zero attached hydrogens (tertiary/aromatic N) is 2. The van der Waals surface area contributed by atoms with Crippen molar-refractivity contribution in [2.45, 2.75) is 62.2 Å². The minimum atomic E-state index is 0.134. The summed E-state index contributed by atoms with van der Waals surface area (Å²) in [6.45, 7) is 0.134. The molecule has 7 aromatic carbocycles. The number of para-hydroxylation sites is 2. The van der Waals surface area contributed by atoms with E-state index in [0.29, 0.717) is 0 Å². The van der Waals surface area contributed by atoms with Crippen LogP contribution in [-0.4, -0.2) is 6.71 Å². The Labute approximate surface area is 347 Å². The van der Waals surface area contributed by atoms with E-state index in [9.17, 15) is 0 Å². The number of benzene rings is 7. The largest absolute Gasteiger partial charge is 0.311 e. The van der Waals surface area contributed by atoms with Gasteiger partial charge in [0.1, 0.15) is 0 Å². The number of rotatable bonds is 2. The van der Waals surface area contributed by atoms with Gasteiger partial charge in [-0.15, -0.1) is 0 Å². The highest BCUT2D eigenvalue weighted by atomic mass is 15.2. The molecule has 4 saturated carbocycles. The summed E-state index contributed by atoms with van der Waals surface area (Å²) in [6, 6.07) is 59.7. The smallest absolute Gasteiger partial charge is 0.252 e.